The van der Waals surface area contributed by atoms with E-state index >= 15 is 0 Å². The van der Waals surface area contributed by atoms with Gasteiger partial charge in [-0.15, -0.1) is 0 Å². The lowest BCUT2D eigenvalue weighted by molar-refractivity contribution is -0.152. The van der Waals surface area contributed by atoms with Gasteiger partial charge in [-0.25, -0.2) is 4.79 Å². The van der Waals surface area contributed by atoms with E-state index < -0.39 is 11.6 Å². The third-order valence-corrected chi connectivity index (χ3v) is 4.08. The third-order valence-electron chi connectivity index (χ3n) is 3.85. The molecule has 6 heteroatoms. The van der Waals surface area contributed by atoms with E-state index in [0.29, 0.717) is 33.5 Å². The van der Waals surface area contributed by atoms with E-state index in [9.17, 15) is 14.9 Å². The Balaban J connectivity index is 2.06. The highest BCUT2D eigenvalue weighted by molar-refractivity contribution is 6.31. The van der Waals surface area contributed by atoms with Gasteiger partial charge in [-0.2, -0.15) is 5.26 Å². The fourth-order valence-electron chi connectivity index (χ4n) is 2.70. The molecule has 0 atom stereocenters. The van der Waals surface area contributed by atoms with E-state index in [1.165, 1.54) is 12.3 Å². The van der Waals surface area contributed by atoms with Crippen molar-refractivity contribution in [2.45, 2.75) is 25.9 Å². The largest absolute Gasteiger partial charge is 0.463 e. The van der Waals surface area contributed by atoms with E-state index in [4.69, 9.17) is 20.8 Å². The van der Waals surface area contributed by atoms with E-state index in [1.807, 2.05) is 6.07 Å². The van der Waals surface area contributed by atoms with Gasteiger partial charge in [0.05, 0.1) is 10.9 Å². The van der Waals surface area contributed by atoms with Gasteiger partial charge in [-0.3, -0.25) is 4.79 Å². The summed E-state index contributed by atoms with van der Waals surface area (Å²) in [5.41, 5.74) is 0.260. The molecule has 126 valence electrons. The summed E-state index contributed by atoms with van der Waals surface area (Å²) in [7, 11) is 0. The number of fused-ring (bicyclic) bond motifs is 1. The molecule has 2 aromatic rings. The van der Waals surface area contributed by atoms with Crippen LogP contribution in [0, 0.1) is 11.3 Å². The van der Waals surface area contributed by atoms with Crippen LogP contribution in [0.5, 0.6) is 0 Å². The van der Waals surface area contributed by atoms with Gasteiger partial charge in [0.1, 0.15) is 29.1 Å². The molecule has 0 aliphatic carbocycles. The molecular formula is C19H14ClNO4. The minimum atomic E-state index is -0.710. The molecule has 3 rings (SSSR count). The highest BCUT2D eigenvalue weighted by atomic mass is 35.5. The highest BCUT2D eigenvalue weighted by Gasteiger charge is 2.33. The van der Waals surface area contributed by atoms with Gasteiger partial charge >= 0.3 is 5.97 Å². The Morgan fingerprint density at radius 2 is 2.04 bits per heavy atom. The molecule has 0 saturated heterocycles. The number of halogens is 1. The van der Waals surface area contributed by atoms with Crippen LogP contribution in [0.25, 0.3) is 17.0 Å². The molecule has 0 radical (unpaired) electrons. The number of cyclic esters (lactones) is 1. The lowest BCUT2D eigenvalue weighted by Crippen LogP contribution is -2.33. The monoisotopic (exact) mass is 355 g/mol. The fraction of sp³-hybridized carbons (Fsp3) is 0.211. The maximum absolute atomic E-state index is 12.6. The zero-order valence-electron chi connectivity index (χ0n) is 13.6. The molecule has 1 aliphatic rings. The molecule has 1 aliphatic heterocycles. The van der Waals surface area contributed by atoms with Gasteiger partial charge in [0.25, 0.3) is 0 Å². The molecule has 0 fully saturated rings. The van der Waals surface area contributed by atoms with Crippen molar-refractivity contribution in [2.24, 2.45) is 0 Å². The first kappa shape index (κ1) is 17.0. The van der Waals surface area contributed by atoms with Crippen LogP contribution in [-0.2, 0) is 9.53 Å². The third kappa shape index (κ3) is 3.35. The van der Waals surface area contributed by atoms with Crippen LogP contribution in [0.1, 0.15) is 25.8 Å². The fourth-order valence-corrected chi connectivity index (χ4v) is 2.87. The molecule has 25 heavy (non-hydrogen) atoms. The Kier molecular flexibility index (Phi) is 4.23. The molecule has 0 unspecified atom stereocenters. The molecule has 1 aromatic carbocycles. The lowest BCUT2D eigenvalue weighted by Gasteiger charge is -2.30. The van der Waals surface area contributed by atoms with Gasteiger partial charge in [0, 0.05) is 11.4 Å². The molecule has 0 spiro atoms. The van der Waals surface area contributed by atoms with Crippen molar-refractivity contribution in [1.82, 2.24) is 0 Å². The van der Waals surface area contributed by atoms with Crippen molar-refractivity contribution in [3.63, 3.8) is 0 Å². The number of nitrogens with zero attached hydrogens (tertiary/aromatic N) is 1. The second-order valence-corrected chi connectivity index (χ2v) is 6.77. The normalized spacial score (nSPS) is 17.0. The van der Waals surface area contributed by atoms with Crippen LogP contribution >= 0.6 is 11.6 Å². The summed E-state index contributed by atoms with van der Waals surface area (Å²) in [6, 6.07) is 6.68. The summed E-state index contributed by atoms with van der Waals surface area (Å²) in [4.78, 5) is 24.5. The Hall–Kier alpha value is -2.84. The van der Waals surface area contributed by atoms with Crippen molar-refractivity contribution in [3.05, 3.63) is 62.5 Å². The van der Waals surface area contributed by atoms with Gasteiger partial charge in [0.2, 0.25) is 0 Å². The first-order valence-electron chi connectivity index (χ1n) is 7.56. The first-order valence-corrected chi connectivity index (χ1v) is 7.94. The zero-order valence-corrected chi connectivity index (χ0v) is 14.4. The average Bonchev–Trinajstić information content (AvgIpc) is 2.53. The number of esters is 1. The number of carbonyl (C=O) groups is 1. The van der Waals surface area contributed by atoms with Crippen LogP contribution < -0.4 is 5.43 Å². The first-order chi connectivity index (χ1) is 11.8. The van der Waals surface area contributed by atoms with E-state index in [2.05, 4.69) is 0 Å². The minimum Gasteiger partial charge on any atom is -0.463 e. The van der Waals surface area contributed by atoms with Crippen LogP contribution in [0.4, 0.5) is 0 Å². The van der Waals surface area contributed by atoms with Gasteiger partial charge < -0.3 is 9.15 Å². The summed E-state index contributed by atoms with van der Waals surface area (Å²) in [6.07, 6.45) is 4.84. The zero-order chi connectivity index (χ0) is 18.2. The van der Waals surface area contributed by atoms with Crippen LogP contribution in [0.2, 0.25) is 5.02 Å². The minimum absolute atomic E-state index is 0.0520. The summed E-state index contributed by atoms with van der Waals surface area (Å²) in [5, 5.41) is 9.99. The summed E-state index contributed by atoms with van der Waals surface area (Å²) >= 11 is 5.93. The summed E-state index contributed by atoms with van der Waals surface area (Å²) in [5.74, 6) is -0.657. The van der Waals surface area contributed by atoms with E-state index in [0.717, 1.165) is 0 Å². The van der Waals surface area contributed by atoms with Crippen molar-refractivity contribution in [2.75, 3.05) is 0 Å². The Morgan fingerprint density at radius 1 is 1.28 bits per heavy atom. The molecule has 2 heterocycles. The highest BCUT2D eigenvalue weighted by Crippen LogP contribution is 2.30. The molecule has 0 saturated carbocycles. The maximum Gasteiger partial charge on any atom is 0.349 e. The molecular weight excluding hydrogens is 342 g/mol. The lowest BCUT2D eigenvalue weighted by atomic mass is 9.91. The van der Waals surface area contributed by atoms with Crippen molar-refractivity contribution in [1.29, 1.82) is 5.26 Å². The Bertz CT molecular complexity index is 1040. The Labute approximate surface area is 148 Å². The Morgan fingerprint density at radius 3 is 2.76 bits per heavy atom. The number of hydrogen-bond donors (Lipinski definition) is 0. The van der Waals surface area contributed by atoms with Crippen LogP contribution in [0.15, 0.2) is 50.9 Å². The predicted octanol–water partition coefficient (Wildman–Crippen LogP) is 4.01. The number of ether oxygens (including phenoxy) is 1. The SMILES string of the molecule is CC1(C)CC(C=Cc2coc3ccc(Cl)cc3c2=O)=C(C#N)C(=O)O1. The number of rotatable bonds is 2. The quantitative estimate of drug-likeness (QED) is 0.760. The smallest absolute Gasteiger partial charge is 0.349 e. The average molecular weight is 356 g/mol. The number of nitriles is 1. The topological polar surface area (TPSA) is 80.3 Å². The van der Waals surface area contributed by atoms with Gasteiger partial charge in [-0.1, -0.05) is 17.7 Å². The molecule has 1 aromatic heterocycles. The molecule has 0 amide bonds. The molecule has 0 bridgehead atoms. The second kappa shape index (κ2) is 6.23. The molecule has 5 nitrogen and oxygen atoms in total. The van der Waals surface area contributed by atoms with Crippen molar-refractivity contribution in [3.8, 4) is 6.07 Å². The summed E-state index contributed by atoms with van der Waals surface area (Å²) < 4.78 is 10.7. The van der Waals surface area contributed by atoms with Crippen LogP contribution in [-0.4, -0.2) is 11.6 Å². The second-order valence-electron chi connectivity index (χ2n) is 6.33. The molecule has 0 N–H and O–H groups in total. The number of carbonyl (C=O) groups excluding carboxylic acids is 1. The van der Waals surface area contributed by atoms with Crippen LogP contribution in [0.3, 0.4) is 0 Å². The van der Waals surface area contributed by atoms with Crippen molar-refractivity contribution >= 4 is 34.6 Å². The number of hydrogen-bond acceptors (Lipinski definition) is 5. The number of benzene rings is 1. The predicted molar refractivity (Wildman–Crippen MR) is 94.0 cm³/mol. The van der Waals surface area contributed by atoms with Gasteiger partial charge in [-0.05, 0) is 43.7 Å². The van der Waals surface area contributed by atoms with Crippen molar-refractivity contribution < 1.29 is 13.9 Å². The maximum atomic E-state index is 12.6. The van der Waals surface area contributed by atoms with Gasteiger partial charge in [0.15, 0.2) is 5.43 Å². The number of allylic oxidation sites excluding steroid dienone is 1. The standard InChI is InChI=1S/C19H14ClNO4/c1-19(2)8-11(15(9-21)18(23)25-19)3-4-12-10-24-16-6-5-13(20)7-14(16)17(12)22/h3-7,10H,8H2,1-2H3. The van der Waals surface area contributed by atoms with E-state index in [1.54, 1.807) is 38.1 Å². The summed E-state index contributed by atoms with van der Waals surface area (Å²) in [6.45, 7) is 3.53. The van der Waals surface area contributed by atoms with E-state index in [-0.39, 0.29) is 11.0 Å².